The predicted octanol–water partition coefficient (Wildman–Crippen LogP) is 4.68. The molecule has 0 aliphatic heterocycles. The van der Waals surface area contributed by atoms with Gasteiger partial charge < -0.3 is 9.32 Å². The minimum Gasteiger partial charge on any atom is -0.467 e. The Hall–Kier alpha value is -2.40. The van der Waals surface area contributed by atoms with Crippen LogP contribution < -0.4 is 0 Å². The number of rotatable bonds is 4. The molecular formula is C19H17BrN2O2. The van der Waals surface area contributed by atoms with Gasteiger partial charge in [-0.05, 0) is 43.3 Å². The molecule has 0 bridgehead atoms. The molecule has 3 aromatic rings. The lowest BCUT2D eigenvalue weighted by atomic mass is 10.1. The molecule has 0 aliphatic rings. The van der Waals surface area contributed by atoms with E-state index >= 15 is 0 Å². The average Bonchev–Trinajstić information content (AvgIpc) is 3.07. The van der Waals surface area contributed by atoms with Crippen molar-refractivity contribution in [3.63, 3.8) is 0 Å². The molecule has 0 N–H and O–H groups in total. The Morgan fingerprint density at radius 2 is 2.04 bits per heavy atom. The minimum atomic E-state index is -0.0720. The van der Waals surface area contributed by atoms with E-state index in [4.69, 9.17) is 4.42 Å². The fourth-order valence-corrected chi connectivity index (χ4v) is 2.91. The topological polar surface area (TPSA) is 46.3 Å². The van der Waals surface area contributed by atoms with Gasteiger partial charge in [-0.25, -0.2) is 0 Å². The Labute approximate surface area is 149 Å². The van der Waals surface area contributed by atoms with E-state index in [0.717, 1.165) is 21.5 Å². The lowest BCUT2D eigenvalue weighted by molar-refractivity contribution is 0.0774. The lowest BCUT2D eigenvalue weighted by Crippen LogP contribution is -2.27. The highest BCUT2D eigenvalue weighted by Gasteiger charge is 2.16. The number of aromatic nitrogens is 1. The Morgan fingerprint density at radius 1 is 1.21 bits per heavy atom. The summed E-state index contributed by atoms with van der Waals surface area (Å²) in [5.41, 5.74) is 3.17. The quantitative estimate of drug-likeness (QED) is 0.655. The van der Waals surface area contributed by atoms with Crippen molar-refractivity contribution in [1.82, 2.24) is 9.88 Å². The van der Waals surface area contributed by atoms with Crippen LogP contribution >= 0.6 is 15.9 Å². The number of furan rings is 1. The summed E-state index contributed by atoms with van der Waals surface area (Å²) in [6, 6.07) is 15.3. The van der Waals surface area contributed by atoms with Crippen LogP contribution in [0.5, 0.6) is 0 Å². The van der Waals surface area contributed by atoms with Crippen LogP contribution in [0.2, 0.25) is 0 Å². The van der Waals surface area contributed by atoms with Crippen LogP contribution in [0.4, 0.5) is 0 Å². The van der Waals surface area contributed by atoms with Crippen molar-refractivity contribution in [3.05, 3.63) is 76.3 Å². The third-order valence-electron chi connectivity index (χ3n) is 3.76. The number of nitrogens with zero attached hydrogens (tertiary/aromatic N) is 2. The number of benzene rings is 1. The summed E-state index contributed by atoms with van der Waals surface area (Å²) in [6.45, 7) is 2.29. The number of halogens is 1. The number of hydrogen-bond acceptors (Lipinski definition) is 3. The van der Waals surface area contributed by atoms with E-state index in [9.17, 15) is 4.79 Å². The maximum absolute atomic E-state index is 12.6. The van der Waals surface area contributed by atoms with Gasteiger partial charge in [0.2, 0.25) is 0 Å². The predicted molar refractivity (Wildman–Crippen MR) is 96.6 cm³/mol. The van der Waals surface area contributed by atoms with Crippen LogP contribution in [0.3, 0.4) is 0 Å². The number of carbonyl (C=O) groups is 1. The third-order valence-corrected chi connectivity index (χ3v) is 4.25. The number of carbonyl (C=O) groups excluding carboxylic acids is 1. The van der Waals surface area contributed by atoms with Gasteiger partial charge in [0.15, 0.2) is 0 Å². The van der Waals surface area contributed by atoms with Crippen LogP contribution in [0.1, 0.15) is 21.8 Å². The zero-order valence-electron chi connectivity index (χ0n) is 13.5. The molecule has 0 saturated carbocycles. The van der Waals surface area contributed by atoms with Crippen molar-refractivity contribution in [1.29, 1.82) is 0 Å². The first-order valence-corrected chi connectivity index (χ1v) is 8.35. The maximum atomic E-state index is 12.6. The number of amides is 1. The van der Waals surface area contributed by atoms with Gasteiger partial charge in [0.1, 0.15) is 5.76 Å². The van der Waals surface area contributed by atoms with Crippen molar-refractivity contribution >= 4 is 21.8 Å². The standard InChI is InChI=1S/C19H17BrN2O2/c1-13-17(19(23)22(2)12-16-7-4-10-24-16)8-9-18(21-13)14-5-3-6-15(20)11-14/h3-11H,12H2,1-2H3. The van der Waals surface area contributed by atoms with E-state index in [2.05, 4.69) is 20.9 Å². The fourth-order valence-electron chi connectivity index (χ4n) is 2.51. The van der Waals surface area contributed by atoms with E-state index < -0.39 is 0 Å². The number of pyridine rings is 1. The van der Waals surface area contributed by atoms with Gasteiger partial charge in [-0.2, -0.15) is 0 Å². The van der Waals surface area contributed by atoms with E-state index in [1.807, 2.05) is 55.5 Å². The zero-order chi connectivity index (χ0) is 17.1. The maximum Gasteiger partial charge on any atom is 0.255 e. The molecule has 0 atom stereocenters. The highest BCUT2D eigenvalue weighted by atomic mass is 79.9. The van der Waals surface area contributed by atoms with Crippen LogP contribution in [0.15, 0.2) is 63.7 Å². The van der Waals surface area contributed by atoms with Gasteiger partial charge in [-0.3, -0.25) is 9.78 Å². The zero-order valence-corrected chi connectivity index (χ0v) is 15.1. The van der Waals surface area contributed by atoms with Crippen LogP contribution in [0, 0.1) is 6.92 Å². The average molecular weight is 385 g/mol. The highest BCUT2D eigenvalue weighted by Crippen LogP contribution is 2.23. The molecule has 0 fully saturated rings. The first kappa shape index (κ1) is 16.5. The molecule has 1 aromatic carbocycles. The van der Waals surface area contributed by atoms with E-state index in [1.54, 1.807) is 18.2 Å². The van der Waals surface area contributed by atoms with E-state index in [0.29, 0.717) is 17.8 Å². The molecule has 3 rings (SSSR count). The number of hydrogen-bond donors (Lipinski definition) is 0. The van der Waals surface area contributed by atoms with E-state index in [1.165, 1.54) is 0 Å². The molecule has 2 heterocycles. The molecule has 122 valence electrons. The first-order valence-electron chi connectivity index (χ1n) is 7.56. The largest absolute Gasteiger partial charge is 0.467 e. The SMILES string of the molecule is Cc1nc(-c2cccc(Br)c2)ccc1C(=O)N(C)Cc1ccco1. The van der Waals surface area contributed by atoms with Crippen LogP contribution in [0.25, 0.3) is 11.3 Å². The van der Waals surface area contributed by atoms with Crippen molar-refractivity contribution in [2.24, 2.45) is 0 Å². The molecule has 2 aromatic heterocycles. The lowest BCUT2D eigenvalue weighted by Gasteiger charge is -2.17. The smallest absolute Gasteiger partial charge is 0.255 e. The van der Waals surface area contributed by atoms with Crippen molar-refractivity contribution in [2.45, 2.75) is 13.5 Å². The van der Waals surface area contributed by atoms with Gasteiger partial charge in [0.25, 0.3) is 5.91 Å². The monoisotopic (exact) mass is 384 g/mol. The molecule has 0 saturated heterocycles. The van der Waals surface area contributed by atoms with Crippen molar-refractivity contribution in [2.75, 3.05) is 7.05 Å². The summed E-state index contributed by atoms with van der Waals surface area (Å²) >= 11 is 3.47. The molecule has 24 heavy (non-hydrogen) atoms. The van der Waals surface area contributed by atoms with Crippen molar-refractivity contribution in [3.8, 4) is 11.3 Å². The molecule has 0 radical (unpaired) electrons. The molecule has 5 heteroatoms. The van der Waals surface area contributed by atoms with Gasteiger partial charge in [-0.15, -0.1) is 0 Å². The molecule has 4 nitrogen and oxygen atoms in total. The minimum absolute atomic E-state index is 0.0720. The van der Waals surface area contributed by atoms with Gasteiger partial charge in [0, 0.05) is 17.1 Å². The molecular weight excluding hydrogens is 368 g/mol. The summed E-state index contributed by atoms with van der Waals surface area (Å²) in [5, 5.41) is 0. The van der Waals surface area contributed by atoms with Gasteiger partial charge in [-0.1, -0.05) is 28.1 Å². The summed E-state index contributed by atoms with van der Waals surface area (Å²) < 4.78 is 6.29. The fraction of sp³-hybridized carbons (Fsp3) is 0.158. The summed E-state index contributed by atoms with van der Waals surface area (Å²) in [4.78, 5) is 18.9. The second-order valence-electron chi connectivity index (χ2n) is 5.58. The van der Waals surface area contributed by atoms with Crippen LogP contribution in [-0.4, -0.2) is 22.8 Å². The normalized spacial score (nSPS) is 10.6. The summed E-state index contributed by atoms with van der Waals surface area (Å²) in [6.07, 6.45) is 1.60. The van der Waals surface area contributed by atoms with Crippen molar-refractivity contribution < 1.29 is 9.21 Å². The summed E-state index contributed by atoms with van der Waals surface area (Å²) in [7, 11) is 1.76. The van der Waals surface area contributed by atoms with E-state index in [-0.39, 0.29) is 5.91 Å². The molecule has 0 unspecified atom stereocenters. The Bertz CT molecular complexity index is 860. The second-order valence-corrected chi connectivity index (χ2v) is 6.50. The second kappa shape index (κ2) is 7.01. The van der Waals surface area contributed by atoms with Gasteiger partial charge >= 0.3 is 0 Å². The molecule has 0 spiro atoms. The Morgan fingerprint density at radius 3 is 2.71 bits per heavy atom. The molecule has 0 aliphatic carbocycles. The highest BCUT2D eigenvalue weighted by molar-refractivity contribution is 9.10. The Balaban J connectivity index is 1.83. The summed E-state index contributed by atoms with van der Waals surface area (Å²) in [5.74, 6) is 0.680. The first-order chi connectivity index (χ1) is 11.5. The number of aryl methyl sites for hydroxylation is 1. The third kappa shape index (κ3) is 3.57. The van der Waals surface area contributed by atoms with Gasteiger partial charge in [0.05, 0.1) is 29.8 Å². The Kier molecular flexibility index (Phi) is 4.81. The van der Waals surface area contributed by atoms with Crippen LogP contribution in [-0.2, 0) is 6.54 Å². The molecule has 1 amide bonds.